The smallest absolute Gasteiger partial charge is 0.870 e. The molecular weight excluding hydrogens is 1300 g/mol. The Morgan fingerprint density at radius 2 is 0.481 bits per heavy atom. The van der Waals surface area contributed by atoms with Gasteiger partial charge in [-0.25, -0.2) is 0 Å². The van der Waals surface area contributed by atoms with Gasteiger partial charge >= 0.3 is 85.3 Å². The van der Waals surface area contributed by atoms with Crippen molar-refractivity contribution < 1.29 is 196 Å². The fraction of sp³-hybridized carbons (Fsp3) is 0.500. The Hall–Kier alpha value is -3.48. The normalized spacial score (nSPS) is 11.5. The number of rotatable bonds is 14. The summed E-state index contributed by atoms with van der Waals surface area (Å²) in [7, 11) is 0. The monoisotopic (exact) mass is 1370 g/mol. The number of hydrogen-bond donors (Lipinski definition) is 4. The zero-order valence-electron chi connectivity index (χ0n) is 45.4. The maximum atomic E-state index is 13.4. The van der Waals surface area contributed by atoms with Crippen molar-refractivity contribution >= 4 is 23.9 Å². The van der Waals surface area contributed by atoms with E-state index in [0.717, 1.165) is 27.7 Å². The molecule has 0 saturated heterocycles. The van der Waals surface area contributed by atoms with Crippen LogP contribution in [0, 0.1) is 0 Å². The molecule has 0 aliphatic heterocycles. The Bertz CT molecular complexity index is 1610. The Balaban J connectivity index is -0.0000000643. The van der Waals surface area contributed by atoms with Crippen LogP contribution in [0.1, 0.15) is 106 Å². The van der Waals surface area contributed by atoms with Crippen LogP contribution >= 0.6 is 0 Å². The van der Waals surface area contributed by atoms with Crippen molar-refractivity contribution in [3.63, 3.8) is 0 Å². The molecule has 6 N–H and O–H groups in total. The maximum Gasteiger partial charge on any atom is 2.00 e. The number of carbonyl (C=O) groups is 4. The molecule has 0 fully saturated rings. The summed E-state index contributed by atoms with van der Waals surface area (Å²) < 4.78 is 21.2. The van der Waals surface area contributed by atoms with E-state index in [-0.39, 0.29) is 172 Å². The Kier molecular flexibility index (Phi) is 93.4. The van der Waals surface area contributed by atoms with E-state index in [4.69, 9.17) is 79.0 Å². The molecule has 79 heavy (non-hydrogen) atoms. The summed E-state index contributed by atoms with van der Waals surface area (Å²) in [6, 6.07) is 18.9. The zero-order valence-corrected chi connectivity index (χ0v) is 50.1. The molecular formula is C48H74Cu5N4O22. The van der Waals surface area contributed by atoms with Crippen molar-refractivity contribution in [3.8, 4) is 0 Å². The topological polar surface area (TPSA) is 482 Å². The molecule has 4 heterocycles. The van der Waals surface area contributed by atoms with Crippen molar-refractivity contribution in [2.75, 3.05) is 52.9 Å². The fourth-order valence-corrected chi connectivity index (χ4v) is 4.39. The van der Waals surface area contributed by atoms with Gasteiger partial charge < -0.3 is 110 Å². The number of aliphatic hydroxyl groups excluding tert-OH is 4. The van der Waals surface area contributed by atoms with Gasteiger partial charge in [-0.2, -0.15) is 0 Å². The van der Waals surface area contributed by atoms with E-state index >= 15 is 0 Å². The second-order valence-electron chi connectivity index (χ2n) is 12.3. The molecule has 4 aromatic rings. The minimum Gasteiger partial charge on any atom is -0.870 e. The van der Waals surface area contributed by atoms with Crippen LogP contribution in [0.3, 0.4) is 0 Å². The number of carbonyl (C=O) groups excluding carboxylic acids is 4. The van der Waals surface area contributed by atoms with E-state index in [1.807, 2.05) is 0 Å². The van der Waals surface area contributed by atoms with Gasteiger partial charge in [-0.05, 0) is 132 Å². The van der Waals surface area contributed by atoms with Gasteiger partial charge in [0.15, 0.2) is 0 Å². The molecule has 5 radical (unpaired) electrons. The number of aromatic nitrogens is 4. The summed E-state index contributed by atoms with van der Waals surface area (Å²) in [5, 5.41) is 119. The summed E-state index contributed by atoms with van der Waals surface area (Å²) >= 11 is 0. The predicted molar refractivity (Wildman–Crippen MR) is 248 cm³/mol. The Labute approximate surface area is 515 Å². The largest absolute Gasteiger partial charge is 2.00 e. The first-order chi connectivity index (χ1) is 33.7. The molecule has 0 amide bonds. The number of carboxylic acids is 4. The second-order valence-corrected chi connectivity index (χ2v) is 12.3. The maximum absolute atomic E-state index is 13.4. The molecule has 0 aliphatic rings. The number of hydrogen-bond acceptors (Lipinski definition) is 26. The zero-order chi connectivity index (χ0) is 57.2. The summed E-state index contributed by atoms with van der Waals surface area (Å²) in [6.07, 6.45) is 5.75. The number of aliphatic carboxylic acids is 4. The summed E-state index contributed by atoms with van der Waals surface area (Å²) in [5.74, 6) is -14.5. The van der Waals surface area contributed by atoms with E-state index in [2.05, 4.69) is 19.9 Å². The Morgan fingerprint density at radius 3 is 0.557 bits per heavy atom. The first-order valence-corrected chi connectivity index (χ1v) is 21.9. The molecule has 4 atom stereocenters. The third kappa shape index (κ3) is 52.4. The van der Waals surface area contributed by atoms with Crippen molar-refractivity contribution in [1.82, 2.24) is 19.9 Å². The molecule has 0 aliphatic carbocycles. The van der Waals surface area contributed by atoms with E-state index in [1.54, 1.807) is 104 Å². The quantitative estimate of drug-likeness (QED) is 0.0680. The third-order valence-corrected chi connectivity index (χ3v) is 6.27. The van der Waals surface area contributed by atoms with Gasteiger partial charge in [0.1, 0.15) is 0 Å². The van der Waals surface area contributed by atoms with Gasteiger partial charge in [0, 0.05) is 102 Å². The number of ether oxygens (including phenoxy) is 4. The molecule has 0 saturated carbocycles. The summed E-state index contributed by atoms with van der Waals surface area (Å²) in [4.78, 5) is 51.5. The number of nitrogens with zero attached hydrogens (tertiary/aromatic N) is 4. The van der Waals surface area contributed by atoms with E-state index in [0.29, 0.717) is 0 Å². The Morgan fingerprint density at radius 1 is 0.367 bits per heavy atom. The van der Waals surface area contributed by atoms with Crippen LogP contribution in [0.25, 0.3) is 0 Å². The van der Waals surface area contributed by atoms with Gasteiger partial charge in [-0.3, -0.25) is 19.9 Å². The molecule has 0 bridgehead atoms. The van der Waals surface area contributed by atoms with Crippen molar-refractivity contribution in [3.05, 3.63) is 120 Å². The van der Waals surface area contributed by atoms with E-state index in [1.165, 1.54) is 49.1 Å². The fourth-order valence-electron chi connectivity index (χ4n) is 4.39. The molecule has 4 rings (SSSR count). The average molecular weight is 1380 g/mol. The predicted octanol–water partition coefficient (Wildman–Crippen LogP) is -4.79. The second kappa shape index (κ2) is 68.8. The minimum atomic E-state index is -2.55. The standard InChI is InChI=1S/2C16H18N2O4.4C2H4O2.4C2H6O.5Cu.2H2O/c2*1-3-21-15(19,13-9-5-7-11-17-13)16(20,22-4-2)14-10-6-8-12-18-14;4*1-2(3)4;4*1-2-3;;;;;;;/h2*5-12H,3-4H2,1-2H3;4*1H3,(H,3,4);4*3H,2H2,1H3;;;;;;2*1H2/q2*-2;;;;;;;;;5*+2;;/p-6/t2*15-,16-;;;;;;;;;;;;;;;/m10.............../s1. The molecule has 473 valence electrons. The summed E-state index contributed by atoms with van der Waals surface area (Å²) in [6.45, 7) is 18.4. The van der Waals surface area contributed by atoms with Crippen molar-refractivity contribution in [2.45, 2.75) is 106 Å². The molecule has 26 nitrogen and oxygen atoms in total. The first-order valence-electron chi connectivity index (χ1n) is 21.9. The van der Waals surface area contributed by atoms with Gasteiger partial charge in [0.25, 0.3) is 0 Å². The van der Waals surface area contributed by atoms with Gasteiger partial charge in [0.2, 0.25) is 0 Å². The third-order valence-electron chi connectivity index (χ3n) is 6.27. The number of pyridine rings is 4. The number of aliphatic hydroxyl groups is 4. The van der Waals surface area contributed by atoms with Gasteiger partial charge in [0.05, 0.1) is 45.9 Å². The van der Waals surface area contributed by atoms with Crippen LogP contribution in [0.15, 0.2) is 97.6 Å². The average Bonchev–Trinajstić information content (AvgIpc) is 3.31. The van der Waals surface area contributed by atoms with Crippen LogP contribution in [-0.2, 0) is 147 Å². The molecule has 4 aromatic heterocycles. The van der Waals surface area contributed by atoms with Gasteiger partial charge in [-0.1, -0.05) is 24.3 Å². The number of carboxylic acid groups (broad SMARTS) is 4. The SMILES string of the molecule is CC(=O)[O-].CC(=O)[O-].CC(=O)[O-].CC(=O)[O-].CCO.CCO.CCO.CCO.CCO[C@@]([O-])(c1ccccn1)[C@@]([O-])(OCC)c1ccccn1.CCO[C@]([O-])(c1ccccn1)[C@]([O-])(OCC)c1ccccn1.[Cu+2].[Cu+2].[Cu+2].[Cu+2].[Cu+2].[OH-].[OH-]. The minimum absolute atomic E-state index is 0. The molecule has 0 spiro atoms. The van der Waals surface area contributed by atoms with Gasteiger partial charge in [-0.15, -0.1) is 0 Å². The van der Waals surface area contributed by atoms with Crippen LogP contribution in [-0.4, -0.2) is 128 Å². The van der Waals surface area contributed by atoms with E-state index in [9.17, 15) is 20.4 Å². The van der Waals surface area contributed by atoms with Crippen molar-refractivity contribution in [1.29, 1.82) is 0 Å². The molecule has 31 heteroatoms. The van der Waals surface area contributed by atoms with Crippen LogP contribution < -0.4 is 40.9 Å². The summed E-state index contributed by atoms with van der Waals surface area (Å²) in [5.41, 5.74) is -0.145. The molecule has 0 aromatic carbocycles. The first kappa shape index (κ1) is 107. The van der Waals surface area contributed by atoms with Crippen LogP contribution in [0.5, 0.6) is 0 Å². The van der Waals surface area contributed by atoms with E-state index < -0.39 is 47.0 Å². The molecule has 0 unspecified atom stereocenters. The van der Waals surface area contributed by atoms with Crippen molar-refractivity contribution in [2.24, 2.45) is 0 Å². The van der Waals surface area contributed by atoms with Crippen LogP contribution in [0.2, 0.25) is 0 Å². The van der Waals surface area contributed by atoms with Crippen LogP contribution in [0.4, 0.5) is 0 Å².